The SMILES string of the molecule is Cc1ccc2c(C)cc(=O)n(CCC3CCC4(CC3)OCCO4)c2c1. The van der Waals surface area contributed by atoms with Gasteiger partial charge < -0.3 is 14.0 Å². The average molecular weight is 341 g/mol. The molecule has 0 atom stereocenters. The van der Waals surface area contributed by atoms with Gasteiger partial charge in [-0.05, 0) is 56.2 Å². The number of nitrogens with zero attached hydrogens (tertiary/aromatic N) is 1. The highest BCUT2D eigenvalue weighted by Gasteiger charge is 2.40. The Balaban J connectivity index is 1.50. The van der Waals surface area contributed by atoms with Crippen molar-refractivity contribution in [1.29, 1.82) is 0 Å². The Bertz CT molecular complexity index is 823. The van der Waals surface area contributed by atoms with Crippen molar-refractivity contribution in [2.24, 2.45) is 5.92 Å². The van der Waals surface area contributed by atoms with Gasteiger partial charge in [0.15, 0.2) is 5.79 Å². The standard InChI is InChI=1S/C21H27NO3/c1-15-3-4-18-16(2)14-20(23)22(19(18)13-15)10-7-17-5-8-21(9-6-17)24-11-12-25-21/h3-4,13-14,17H,5-12H2,1-2H3. The van der Waals surface area contributed by atoms with Crippen molar-refractivity contribution in [2.45, 2.75) is 58.3 Å². The second-order valence-corrected chi connectivity index (χ2v) is 7.68. The van der Waals surface area contributed by atoms with Crippen LogP contribution in [0.4, 0.5) is 0 Å². The molecule has 4 heteroatoms. The lowest BCUT2D eigenvalue weighted by Gasteiger charge is -2.35. The van der Waals surface area contributed by atoms with Gasteiger partial charge in [-0.2, -0.15) is 0 Å². The summed E-state index contributed by atoms with van der Waals surface area (Å²) in [6.07, 6.45) is 5.26. The molecule has 0 bridgehead atoms. The summed E-state index contributed by atoms with van der Waals surface area (Å²) in [7, 11) is 0. The van der Waals surface area contributed by atoms with Crippen LogP contribution in [0.3, 0.4) is 0 Å². The first-order valence-corrected chi connectivity index (χ1v) is 9.45. The van der Waals surface area contributed by atoms with Crippen LogP contribution in [0.2, 0.25) is 0 Å². The van der Waals surface area contributed by atoms with Gasteiger partial charge in [0.25, 0.3) is 5.56 Å². The number of hydrogen-bond donors (Lipinski definition) is 0. The molecule has 2 fully saturated rings. The molecule has 2 aliphatic rings. The monoisotopic (exact) mass is 341 g/mol. The van der Waals surface area contributed by atoms with Crippen molar-refractivity contribution in [1.82, 2.24) is 4.57 Å². The van der Waals surface area contributed by atoms with Gasteiger partial charge >= 0.3 is 0 Å². The molecule has 1 aliphatic carbocycles. The number of ether oxygens (including phenoxy) is 2. The lowest BCUT2D eigenvalue weighted by Crippen LogP contribution is -2.35. The van der Waals surface area contributed by atoms with E-state index >= 15 is 0 Å². The van der Waals surface area contributed by atoms with E-state index in [9.17, 15) is 4.79 Å². The minimum absolute atomic E-state index is 0.116. The van der Waals surface area contributed by atoms with Gasteiger partial charge in [0.2, 0.25) is 0 Å². The Hall–Kier alpha value is -1.65. The Labute approximate surface area is 148 Å². The van der Waals surface area contributed by atoms with Crippen molar-refractivity contribution >= 4 is 10.9 Å². The smallest absolute Gasteiger partial charge is 0.251 e. The van der Waals surface area contributed by atoms with E-state index in [0.717, 1.165) is 62.9 Å². The van der Waals surface area contributed by atoms with Crippen molar-refractivity contribution < 1.29 is 9.47 Å². The molecule has 1 saturated carbocycles. The lowest BCUT2D eigenvalue weighted by atomic mass is 9.83. The molecule has 0 unspecified atom stereocenters. The van der Waals surface area contributed by atoms with E-state index in [2.05, 4.69) is 25.1 Å². The molecule has 1 aliphatic heterocycles. The van der Waals surface area contributed by atoms with Crippen LogP contribution in [0.5, 0.6) is 0 Å². The third-order valence-corrected chi connectivity index (χ3v) is 5.92. The minimum atomic E-state index is -0.291. The third kappa shape index (κ3) is 3.25. The summed E-state index contributed by atoms with van der Waals surface area (Å²) in [6, 6.07) is 8.16. The number of rotatable bonds is 3. The predicted octanol–water partition coefficient (Wildman–Crippen LogP) is 3.94. The van der Waals surface area contributed by atoms with Gasteiger partial charge in [-0.15, -0.1) is 0 Å². The molecule has 4 nitrogen and oxygen atoms in total. The van der Waals surface area contributed by atoms with Gasteiger partial charge in [0.1, 0.15) is 0 Å². The van der Waals surface area contributed by atoms with Crippen LogP contribution in [0.1, 0.15) is 43.2 Å². The Morgan fingerprint density at radius 3 is 2.56 bits per heavy atom. The van der Waals surface area contributed by atoms with Crippen LogP contribution in [-0.2, 0) is 16.0 Å². The summed E-state index contributed by atoms with van der Waals surface area (Å²) in [6.45, 7) is 6.35. The fraction of sp³-hybridized carbons (Fsp3) is 0.571. The van der Waals surface area contributed by atoms with E-state index in [1.807, 2.05) is 11.5 Å². The molecular weight excluding hydrogens is 314 g/mol. The maximum atomic E-state index is 12.6. The Morgan fingerprint density at radius 1 is 1.12 bits per heavy atom. The van der Waals surface area contributed by atoms with Crippen LogP contribution in [0.15, 0.2) is 29.1 Å². The van der Waals surface area contributed by atoms with Gasteiger partial charge in [-0.3, -0.25) is 4.79 Å². The maximum Gasteiger partial charge on any atom is 0.251 e. The van der Waals surface area contributed by atoms with E-state index in [1.165, 1.54) is 10.9 Å². The fourth-order valence-electron chi connectivity index (χ4n) is 4.39. The summed E-state index contributed by atoms with van der Waals surface area (Å²) in [4.78, 5) is 12.6. The normalized spacial score (nSPS) is 20.6. The number of aryl methyl sites for hydroxylation is 3. The summed E-state index contributed by atoms with van der Waals surface area (Å²) < 4.78 is 13.6. The molecule has 1 spiro atoms. The van der Waals surface area contributed by atoms with E-state index in [4.69, 9.17) is 9.47 Å². The van der Waals surface area contributed by atoms with Gasteiger partial charge in [-0.25, -0.2) is 0 Å². The molecule has 1 aromatic carbocycles. The third-order valence-electron chi connectivity index (χ3n) is 5.92. The second-order valence-electron chi connectivity index (χ2n) is 7.68. The quantitative estimate of drug-likeness (QED) is 0.849. The molecular formula is C21H27NO3. The second kappa shape index (κ2) is 6.58. The fourth-order valence-corrected chi connectivity index (χ4v) is 4.39. The topological polar surface area (TPSA) is 40.5 Å². The number of hydrogen-bond acceptors (Lipinski definition) is 3. The Morgan fingerprint density at radius 2 is 1.84 bits per heavy atom. The number of fused-ring (bicyclic) bond motifs is 1. The van der Waals surface area contributed by atoms with Gasteiger partial charge in [0.05, 0.1) is 18.7 Å². The van der Waals surface area contributed by atoms with E-state index in [0.29, 0.717) is 5.92 Å². The molecule has 1 saturated heterocycles. The first kappa shape index (κ1) is 16.8. The number of pyridine rings is 1. The lowest BCUT2D eigenvalue weighted by molar-refractivity contribution is -0.182. The van der Waals surface area contributed by atoms with Gasteiger partial charge in [-0.1, -0.05) is 12.1 Å². The molecule has 2 heterocycles. The van der Waals surface area contributed by atoms with E-state index in [-0.39, 0.29) is 11.3 Å². The summed E-state index contributed by atoms with van der Waals surface area (Å²) in [5.74, 6) is 0.354. The van der Waals surface area contributed by atoms with Crippen molar-refractivity contribution in [3.8, 4) is 0 Å². The highest BCUT2D eigenvalue weighted by Crippen LogP contribution is 2.39. The highest BCUT2D eigenvalue weighted by atomic mass is 16.7. The molecule has 1 aromatic heterocycles. The van der Waals surface area contributed by atoms with E-state index < -0.39 is 0 Å². The molecule has 2 aromatic rings. The summed E-state index contributed by atoms with van der Waals surface area (Å²) in [5, 5.41) is 1.18. The summed E-state index contributed by atoms with van der Waals surface area (Å²) in [5.41, 5.74) is 3.44. The zero-order valence-corrected chi connectivity index (χ0v) is 15.2. The molecule has 25 heavy (non-hydrogen) atoms. The van der Waals surface area contributed by atoms with Crippen LogP contribution in [0, 0.1) is 19.8 Å². The van der Waals surface area contributed by atoms with Crippen molar-refractivity contribution in [3.05, 3.63) is 45.7 Å². The molecule has 0 radical (unpaired) electrons. The zero-order valence-electron chi connectivity index (χ0n) is 15.2. The van der Waals surface area contributed by atoms with Crippen LogP contribution >= 0.6 is 0 Å². The van der Waals surface area contributed by atoms with Crippen LogP contribution in [-0.4, -0.2) is 23.6 Å². The van der Waals surface area contributed by atoms with E-state index in [1.54, 1.807) is 6.07 Å². The minimum Gasteiger partial charge on any atom is -0.348 e. The maximum absolute atomic E-state index is 12.6. The molecule has 0 N–H and O–H groups in total. The first-order valence-electron chi connectivity index (χ1n) is 9.45. The largest absolute Gasteiger partial charge is 0.348 e. The van der Waals surface area contributed by atoms with Gasteiger partial charge in [0, 0.05) is 30.8 Å². The van der Waals surface area contributed by atoms with Crippen LogP contribution in [0.25, 0.3) is 10.9 Å². The predicted molar refractivity (Wildman–Crippen MR) is 98.9 cm³/mol. The zero-order chi connectivity index (χ0) is 17.4. The highest BCUT2D eigenvalue weighted by molar-refractivity contribution is 5.83. The van der Waals surface area contributed by atoms with Crippen molar-refractivity contribution in [2.75, 3.05) is 13.2 Å². The first-order chi connectivity index (χ1) is 12.1. The Kier molecular flexibility index (Phi) is 4.42. The molecule has 0 amide bonds. The number of aromatic nitrogens is 1. The molecule has 134 valence electrons. The van der Waals surface area contributed by atoms with Crippen LogP contribution < -0.4 is 5.56 Å². The number of benzene rings is 1. The molecule has 4 rings (SSSR count). The average Bonchev–Trinajstić information content (AvgIpc) is 3.04. The van der Waals surface area contributed by atoms with Crippen molar-refractivity contribution in [3.63, 3.8) is 0 Å². The summed E-state index contributed by atoms with van der Waals surface area (Å²) >= 11 is 0.